The Labute approximate surface area is 207 Å². The van der Waals surface area contributed by atoms with E-state index in [0.29, 0.717) is 41.5 Å². The lowest BCUT2D eigenvalue weighted by Crippen LogP contribution is -2.14. The number of aromatic carboxylic acids is 1. The molecule has 36 heavy (non-hydrogen) atoms. The molecule has 12 heteroatoms. The molecule has 2 aliphatic rings. The lowest BCUT2D eigenvalue weighted by Gasteiger charge is -2.20. The summed E-state index contributed by atoms with van der Waals surface area (Å²) >= 11 is 6.42. The van der Waals surface area contributed by atoms with Crippen LogP contribution in [0, 0.1) is 5.82 Å². The number of rotatable bonds is 4. The van der Waals surface area contributed by atoms with Gasteiger partial charge in [-0.25, -0.2) is 14.2 Å². The fraction of sp³-hybridized carbons (Fsp3) is 0.208. The minimum Gasteiger partial charge on any atom is -0.492 e. The summed E-state index contributed by atoms with van der Waals surface area (Å²) in [6.07, 6.45) is 1.78. The number of nitrogens with two attached hydrogens (primary N) is 1. The number of hydrogen-bond acceptors (Lipinski definition) is 7. The quantitative estimate of drug-likeness (QED) is 0.350. The Kier molecular flexibility index (Phi) is 5.13. The number of aromatic amines is 1. The van der Waals surface area contributed by atoms with E-state index in [2.05, 4.69) is 20.2 Å². The molecule has 5 heterocycles. The van der Waals surface area contributed by atoms with Crippen molar-refractivity contribution in [2.24, 2.45) is 16.0 Å². The second kappa shape index (κ2) is 8.25. The topological polar surface area (TPSA) is 148 Å². The molecule has 0 fully saturated rings. The standard InChI is InChI=1S/C24H18ClFN6O4/c25-20-10(7-13-21(27)30-31-22(13)29-20)9-32-15-8-14(26)11-4-2-6-36-19(11)17(15)16(18(32)24(34)35)12-3-1-5-28-23(12)33/h1,3,5,7-8,21H,2,4,6,9,27H2,(H,28,33)(H,34,35). The van der Waals surface area contributed by atoms with E-state index in [-0.39, 0.29) is 45.6 Å². The normalized spacial score (nSPS) is 16.1. The molecule has 0 spiro atoms. The van der Waals surface area contributed by atoms with Crippen LogP contribution in [0.2, 0.25) is 5.15 Å². The Morgan fingerprint density at radius 3 is 3.00 bits per heavy atom. The monoisotopic (exact) mass is 508 g/mol. The molecule has 0 amide bonds. The average molecular weight is 509 g/mol. The Morgan fingerprint density at radius 2 is 2.22 bits per heavy atom. The van der Waals surface area contributed by atoms with Crippen molar-refractivity contribution in [2.75, 3.05) is 6.61 Å². The van der Waals surface area contributed by atoms with Crippen LogP contribution < -0.4 is 16.0 Å². The summed E-state index contributed by atoms with van der Waals surface area (Å²) in [6.45, 7) is 0.252. The summed E-state index contributed by atoms with van der Waals surface area (Å²) in [4.78, 5) is 32.3. The smallest absolute Gasteiger partial charge is 0.353 e. The fourth-order valence-electron chi connectivity index (χ4n) is 4.87. The first-order chi connectivity index (χ1) is 17.3. The van der Waals surface area contributed by atoms with E-state index in [1.807, 2.05) is 0 Å². The van der Waals surface area contributed by atoms with E-state index in [1.54, 1.807) is 12.1 Å². The minimum absolute atomic E-state index is 0.0776. The number of azo groups is 1. The van der Waals surface area contributed by atoms with E-state index < -0.39 is 23.5 Å². The van der Waals surface area contributed by atoms with Crippen molar-refractivity contribution in [1.82, 2.24) is 14.5 Å². The number of carbonyl (C=O) groups is 1. The molecule has 6 rings (SSSR count). The second-order valence-corrected chi connectivity index (χ2v) is 8.91. The molecule has 1 unspecified atom stereocenters. The van der Waals surface area contributed by atoms with Gasteiger partial charge < -0.3 is 25.1 Å². The summed E-state index contributed by atoms with van der Waals surface area (Å²) in [7, 11) is 0. The number of nitrogens with one attached hydrogen (secondary N) is 1. The van der Waals surface area contributed by atoms with Gasteiger partial charge in [0.25, 0.3) is 5.56 Å². The molecule has 182 valence electrons. The highest BCUT2D eigenvalue weighted by Crippen LogP contribution is 2.44. The number of aromatic nitrogens is 3. The zero-order valence-electron chi connectivity index (χ0n) is 18.6. The van der Waals surface area contributed by atoms with Crippen LogP contribution in [0.25, 0.3) is 22.0 Å². The van der Waals surface area contributed by atoms with Gasteiger partial charge >= 0.3 is 5.97 Å². The second-order valence-electron chi connectivity index (χ2n) is 8.55. The number of carboxylic acid groups (broad SMARTS) is 1. The van der Waals surface area contributed by atoms with Gasteiger partial charge in [-0.3, -0.25) is 4.79 Å². The van der Waals surface area contributed by atoms with Crippen molar-refractivity contribution in [3.63, 3.8) is 0 Å². The fourth-order valence-corrected chi connectivity index (χ4v) is 5.06. The first kappa shape index (κ1) is 22.4. The molecule has 0 bridgehead atoms. The summed E-state index contributed by atoms with van der Waals surface area (Å²) in [5.74, 6) is -1.29. The molecule has 10 nitrogen and oxygen atoms in total. The lowest BCUT2D eigenvalue weighted by molar-refractivity contribution is 0.0687. The number of ether oxygens (including phenoxy) is 1. The molecular weight excluding hydrogens is 491 g/mol. The first-order valence-electron chi connectivity index (χ1n) is 11.1. The van der Waals surface area contributed by atoms with Crippen LogP contribution >= 0.6 is 11.6 Å². The third-order valence-electron chi connectivity index (χ3n) is 6.45. The van der Waals surface area contributed by atoms with Gasteiger partial charge in [0, 0.05) is 28.5 Å². The third-order valence-corrected chi connectivity index (χ3v) is 6.77. The van der Waals surface area contributed by atoms with Crippen LogP contribution in [0.4, 0.5) is 10.2 Å². The van der Waals surface area contributed by atoms with Gasteiger partial charge in [-0.1, -0.05) is 11.6 Å². The van der Waals surface area contributed by atoms with Crippen molar-refractivity contribution in [1.29, 1.82) is 0 Å². The Bertz CT molecular complexity index is 1680. The number of halogens is 2. The maximum absolute atomic E-state index is 15.3. The maximum Gasteiger partial charge on any atom is 0.353 e. The van der Waals surface area contributed by atoms with E-state index in [1.165, 1.54) is 22.9 Å². The van der Waals surface area contributed by atoms with Crippen LogP contribution in [0.1, 0.15) is 39.8 Å². The molecule has 1 atom stereocenters. The maximum atomic E-state index is 15.3. The first-order valence-corrected chi connectivity index (χ1v) is 11.5. The van der Waals surface area contributed by atoms with Gasteiger partial charge in [-0.2, -0.15) is 5.11 Å². The third kappa shape index (κ3) is 3.31. The molecule has 0 saturated carbocycles. The summed E-state index contributed by atoms with van der Waals surface area (Å²) in [5.41, 5.74) is 7.11. The van der Waals surface area contributed by atoms with Crippen LogP contribution in [0.5, 0.6) is 5.75 Å². The Hall–Kier alpha value is -4.09. The van der Waals surface area contributed by atoms with E-state index >= 15 is 4.39 Å². The average Bonchev–Trinajstić information content (AvgIpc) is 3.37. The Morgan fingerprint density at radius 1 is 1.39 bits per heavy atom. The largest absolute Gasteiger partial charge is 0.492 e. The van der Waals surface area contributed by atoms with Crippen molar-refractivity contribution < 1.29 is 19.0 Å². The number of nitrogens with zero attached hydrogens (tertiary/aromatic N) is 4. The Balaban J connectivity index is 1.69. The highest BCUT2D eigenvalue weighted by atomic mass is 35.5. The van der Waals surface area contributed by atoms with E-state index in [0.717, 1.165) is 0 Å². The van der Waals surface area contributed by atoms with Gasteiger partial charge in [-0.05, 0) is 37.1 Å². The number of pyridine rings is 2. The van der Waals surface area contributed by atoms with Gasteiger partial charge in [0.2, 0.25) is 0 Å². The number of fused-ring (bicyclic) bond motifs is 4. The zero-order valence-corrected chi connectivity index (χ0v) is 19.3. The van der Waals surface area contributed by atoms with Gasteiger partial charge in [0.05, 0.1) is 29.6 Å². The number of carboxylic acids is 1. The van der Waals surface area contributed by atoms with Gasteiger partial charge in [-0.15, -0.1) is 5.11 Å². The highest BCUT2D eigenvalue weighted by molar-refractivity contribution is 6.30. The molecular formula is C24H18ClFN6O4. The highest BCUT2D eigenvalue weighted by Gasteiger charge is 2.32. The molecule has 0 radical (unpaired) electrons. The molecule has 2 aliphatic heterocycles. The summed E-state index contributed by atoms with van der Waals surface area (Å²) in [6, 6.07) is 6.06. The van der Waals surface area contributed by atoms with Gasteiger partial charge in [0.15, 0.2) is 5.82 Å². The summed E-state index contributed by atoms with van der Waals surface area (Å²) in [5, 5.41) is 18.6. The molecule has 4 N–H and O–H groups in total. The molecule has 4 aromatic rings. The molecule has 0 saturated heterocycles. The van der Waals surface area contributed by atoms with E-state index in [9.17, 15) is 14.7 Å². The van der Waals surface area contributed by atoms with Gasteiger partial charge in [0.1, 0.15) is 28.6 Å². The molecule has 3 aromatic heterocycles. The van der Waals surface area contributed by atoms with Crippen molar-refractivity contribution in [3.05, 3.63) is 74.2 Å². The number of H-pyrrole nitrogens is 1. The predicted molar refractivity (Wildman–Crippen MR) is 129 cm³/mol. The van der Waals surface area contributed by atoms with Crippen molar-refractivity contribution in [2.45, 2.75) is 25.6 Å². The number of benzene rings is 1. The van der Waals surface area contributed by atoms with Crippen LogP contribution in [0.3, 0.4) is 0 Å². The summed E-state index contributed by atoms with van der Waals surface area (Å²) < 4.78 is 22.6. The molecule has 0 aliphatic carbocycles. The molecule has 1 aromatic carbocycles. The van der Waals surface area contributed by atoms with Crippen LogP contribution in [-0.4, -0.2) is 32.2 Å². The van der Waals surface area contributed by atoms with Crippen molar-refractivity contribution >= 4 is 34.3 Å². The van der Waals surface area contributed by atoms with Crippen LogP contribution in [-0.2, 0) is 13.0 Å². The van der Waals surface area contributed by atoms with Crippen LogP contribution in [0.15, 0.2) is 45.5 Å². The van der Waals surface area contributed by atoms with E-state index in [4.69, 9.17) is 22.1 Å². The SMILES string of the molecule is NC1N=Nc2nc(Cl)c(Cn3c(C(=O)O)c(-c4ccc[nH]c4=O)c4c5c(c(F)cc43)CCCO5)cc21. The lowest BCUT2D eigenvalue weighted by atomic mass is 9.97. The minimum atomic E-state index is -1.30. The number of hydrogen-bond donors (Lipinski definition) is 3. The van der Waals surface area contributed by atoms with Crippen molar-refractivity contribution in [3.8, 4) is 16.9 Å². The zero-order chi connectivity index (χ0) is 25.1. The predicted octanol–water partition coefficient (Wildman–Crippen LogP) is 4.31.